The highest BCUT2D eigenvalue weighted by Gasteiger charge is 2.25. The number of anilines is 2. The number of nitrogens with zero attached hydrogens (tertiary/aromatic N) is 4. The minimum Gasteiger partial charge on any atom is -0.497 e. The maximum Gasteiger partial charge on any atom is 0.321 e. The predicted molar refractivity (Wildman–Crippen MR) is 127 cm³/mol. The highest BCUT2D eigenvalue weighted by molar-refractivity contribution is 5.89. The number of amides is 2. The van der Waals surface area contributed by atoms with E-state index in [2.05, 4.69) is 27.3 Å². The predicted octanol–water partition coefficient (Wildman–Crippen LogP) is 4.05. The molecule has 1 aliphatic rings. The molecule has 1 N–H and O–H groups in total. The van der Waals surface area contributed by atoms with Gasteiger partial charge in [0, 0.05) is 49.5 Å². The smallest absolute Gasteiger partial charge is 0.321 e. The first-order chi connectivity index (χ1) is 15.5. The summed E-state index contributed by atoms with van der Waals surface area (Å²) in [6.07, 6.45) is 0.750. The molecule has 2 aromatic carbocycles. The molecule has 0 atom stereocenters. The first-order valence-electron chi connectivity index (χ1n) is 10.9. The van der Waals surface area contributed by atoms with Crippen molar-refractivity contribution in [2.45, 2.75) is 20.3 Å². The molecule has 0 radical (unpaired) electrons. The van der Waals surface area contributed by atoms with E-state index in [0.717, 1.165) is 53.8 Å². The fourth-order valence-corrected chi connectivity index (χ4v) is 3.98. The van der Waals surface area contributed by atoms with Crippen LogP contribution in [0.25, 0.3) is 0 Å². The number of para-hydroxylation sites is 1. The molecule has 1 saturated heterocycles. The summed E-state index contributed by atoms with van der Waals surface area (Å²) in [4.78, 5) is 26.2. The van der Waals surface area contributed by atoms with Crippen molar-refractivity contribution in [3.63, 3.8) is 0 Å². The zero-order chi connectivity index (χ0) is 22.5. The van der Waals surface area contributed by atoms with E-state index in [1.165, 1.54) is 5.56 Å². The van der Waals surface area contributed by atoms with Gasteiger partial charge in [-0.3, -0.25) is 0 Å². The van der Waals surface area contributed by atoms with Gasteiger partial charge in [0.2, 0.25) is 0 Å². The zero-order valence-corrected chi connectivity index (χ0v) is 18.8. The number of ether oxygens (including phenoxy) is 1. The van der Waals surface area contributed by atoms with E-state index < -0.39 is 0 Å². The first-order valence-corrected chi connectivity index (χ1v) is 10.9. The Labute approximate surface area is 189 Å². The zero-order valence-electron chi connectivity index (χ0n) is 18.8. The maximum absolute atomic E-state index is 12.6. The van der Waals surface area contributed by atoms with Crippen molar-refractivity contribution in [2.75, 3.05) is 43.5 Å². The number of urea groups is 1. The average molecular weight is 432 g/mol. The van der Waals surface area contributed by atoms with Crippen LogP contribution in [0.5, 0.6) is 5.75 Å². The number of rotatable bonds is 5. The van der Waals surface area contributed by atoms with E-state index in [-0.39, 0.29) is 6.03 Å². The van der Waals surface area contributed by atoms with Crippen molar-refractivity contribution in [1.29, 1.82) is 0 Å². The molecule has 0 spiro atoms. The van der Waals surface area contributed by atoms with Crippen LogP contribution in [-0.2, 0) is 6.42 Å². The van der Waals surface area contributed by atoms with E-state index in [1.54, 1.807) is 7.11 Å². The standard InChI is InChI=1S/C25H29N5O2/c1-18-23(17-20-9-11-22(32-3)12-10-20)24(27-19(2)26-18)29-13-15-30(16-14-29)25(31)28-21-7-5-4-6-8-21/h4-12H,13-17H2,1-3H3,(H,28,31). The van der Waals surface area contributed by atoms with Crippen LogP contribution in [0.2, 0.25) is 0 Å². The van der Waals surface area contributed by atoms with Gasteiger partial charge in [0.1, 0.15) is 17.4 Å². The molecular weight excluding hydrogens is 402 g/mol. The van der Waals surface area contributed by atoms with Gasteiger partial charge in [0.05, 0.1) is 7.11 Å². The van der Waals surface area contributed by atoms with Gasteiger partial charge in [-0.25, -0.2) is 14.8 Å². The van der Waals surface area contributed by atoms with E-state index in [0.29, 0.717) is 13.1 Å². The van der Waals surface area contributed by atoms with Crippen molar-refractivity contribution in [3.05, 3.63) is 77.2 Å². The number of aromatic nitrogens is 2. The van der Waals surface area contributed by atoms with Crippen LogP contribution < -0.4 is 15.0 Å². The van der Waals surface area contributed by atoms with Crippen LogP contribution >= 0.6 is 0 Å². The highest BCUT2D eigenvalue weighted by Crippen LogP contribution is 2.26. The molecule has 32 heavy (non-hydrogen) atoms. The fraction of sp³-hybridized carbons (Fsp3) is 0.320. The number of methoxy groups -OCH3 is 1. The monoisotopic (exact) mass is 431 g/mol. The Balaban J connectivity index is 1.47. The Morgan fingerprint density at radius 1 is 0.969 bits per heavy atom. The Kier molecular flexibility index (Phi) is 6.54. The third kappa shape index (κ3) is 4.99. The second-order valence-corrected chi connectivity index (χ2v) is 7.95. The van der Waals surface area contributed by atoms with Crippen LogP contribution in [0.1, 0.15) is 22.6 Å². The number of carbonyl (C=O) groups excluding carboxylic acids is 1. The van der Waals surface area contributed by atoms with Crippen molar-refractivity contribution < 1.29 is 9.53 Å². The van der Waals surface area contributed by atoms with Gasteiger partial charge in [0.15, 0.2) is 0 Å². The van der Waals surface area contributed by atoms with E-state index in [4.69, 9.17) is 9.72 Å². The van der Waals surface area contributed by atoms with Crippen molar-refractivity contribution in [3.8, 4) is 5.75 Å². The van der Waals surface area contributed by atoms with Crippen LogP contribution in [0.15, 0.2) is 54.6 Å². The summed E-state index contributed by atoms with van der Waals surface area (Å²) < 4.78 is 5.27. The lowest BCUT2D eigenvalue weighted by atomic mass is 10.0. The fourth-order valence-electron chi connectivity index (χ4n) is 3.98. The second kappa shape index (κ2) is 9.68. The number of hydrogen-bond donors (Lipinski definition) is 1. The number of aryl methyl sites for hydroxylation is 2. The van der Waals surface area contributed by atoms with Crippen molar-refractivity contribution >= 4 is 17.5 Å². The normalized spacial score (nSPS) is 13.7. The lowest BCUT2D eigenvalue weighted by Crippen LogP contribution is -2.50. The molecule has 7 nitrogen and oxygen atoms in total. The van der Waals surface area contributed by atoms with Crippen LogP contribution in [-0.4, -0.2) is 54.2 Å². The number of carbonyl (C=O) groups is 1. The van der Waals surface area contributed by atoms with Crippen LogP contribution in [0, 0.1) is 13.8 Å². The van der Waals surface area contributed by atoms with Gasteiger partial charge < -0.3 is 19.9 Å². The molecule has 1 fully saturated rings. The molecule has 166 valence electrons. The summed E-state index contributed by atoms with van der Waals surface area (Å²) >= 11 is 0. The van der Waals surface area contributed by atoms with Crippen molar-refractivity contribution in [2.24, 2.45) is 0 Å². The Morgan fingerprint density at radius 2 is 1.66 bits per heavy atom. The lowest BCUT2D eigenvalue weighted by molar-refractivity contribution is 0.208. The lowest BCUT2D eigenvalue weighted by Gasteiger charge is -2.36. The summed E-state index contributed by atoms with van der Waals surface area (Å²) in [5.74, 6) is 2.57. The van der Waals surface area contributed by atoms with Gasteiger partial charge in [-0.2, -0.15) is 0 Å². The minimum absolute atomic E-state index is 0.0654. The molecule has 2 heterocycles. The molecule has 0 saturated carbocycles. The molecule has 3 aromatic rings. The minimum atomic E-state index is -0.0654. The number of nitrogens with one attached hydrogen (secondary N) is 1. The van der Waals surface area contributed by atoms with Crippen LogP contribution in [0.3, 0.4) is 0 Å². The first kappa shape index (κ1) is 21.6. The van der Waals surface area contributed by atoms with E-state index >= 15 is 0 Å². The van der Waals surface area contributed by atoms with Gasteiger partial charge in [-0.05, 0) is 43.7 Å². The Morgan fingerprint density at radius 3 is 2.31 bits per heavy atom. The number of piperazine rings is 1. The summed E-state index contributed by atoms with van der Waals surface area (Å²) in [6.45, 7) is 6.71. The quantitative estimate of drug-likeness (QED) is 0.660. The maximum atomic E-state index is 12.6. The largest absolute Gasteiger partial charge is 0.497 e. The number of hydrogen-bond acceptors (Lipinski definition) is 5. The third-order valence-corrected chi connectivity index (χ3v) is 5.74. The number of benzene rings is 2. The van der Waals surface area contributed by atoms with Crippen LogP contribution in [0.4, 0.5) is 16.3 Å². The molecule has 0 unspecified atom stereocenters. The summed E-state index contributed by atoms with van der Waals surface area (Å²) in [5.41, 5.74) is 4.11. The topological polar surface area (TPSA) is 70.6 Å². The molecule has 2 amide bonds. The molecule has 1 aliphatic heterocycles. The van der Waals surface area contributed by atoms with E-state index in [9.17, 15) is 4.79 Å². The summed E-state index contributed by atoms with van der Waals surface area (Å²) in [6, 6.07) is 17.6. The molecule has 0 aliphatic carbocycles. The SMILES string of the molecule is COc1ccc(Cc2c(C)nc(C)nc2N2CCN(C(=O)Nc3ccccc3)CC2)cc1. The second-order valence-electron chi connectivity index (χ2n) is 7.95. The molecule has 0 bridgehead atoms. The summed E-state index contributed by atoms with van der Waals surface area (Å²) in [7, 11) is 1.67. The Hall–Kier alpha value is -3.61. The highest BCUT2D eigenvalue weighted by atomic mass is 16.5. The van der Waals surface area contributed by atoms with Gasteiger partial charge >= 0.3 is 6.03 Å². The molecular formula is C25H29N5O2. The van der Waals surface area contributed by atoms with E-state index in [1.807, 2.05) is 61.2 Å². The van der Waals surface area contributed by atoms with Crippen molar-refractivity contribution in [1.82, 2.24) is 14.9 Å². The average Bonchev–Trinajstić information content (AvgIpc) is 2.82. The molecule has 1 aromatic heterocycles. The van der Waals surface area contributed by atoms with Gasteiger partial charge in [0.25, 0.3) is 0 Å². The Bertz CT molecular complexity index is 1060. The molecule has 7 heteroatoms. The molecule has 4 rings (SSSR count). The van der Waals surface area contributed by atoms with Gasteiger partial charge in [-0.1, -0.05) is 30.3 Å². The summed E-state index contributed by atoms with van der Waals surface area (Å²) in [5, 5.41) is 2.97. The third-order valence-electron chi connectivity index (χ3n) is 5.74. The van der Waals surface area contributed by atoms with Gasteiger partial charge in [-0.15, -0.1) is 0 Å².